The van der Waals surface area contributed by atoms with Crippen LogP contribution in [-0.4, -0.2) is 49.3 Å². The van der Waals surface area contributed by atoms with E-state index in [9.17, 15) is 9.00 Å². The first-order valence-corrected chi connectivity index (χ1v) is 12.8. The van der Waals surface area contributed by atoms with Crippen molar-refractivity contribution in [3.05, 3.63) is 66.1 Å². The number of hydrogen-bond donors (Lipinski definition) is 1. The zero-order valence-corrected chi connectivity index (χ0v) is 20.1. The minimum absolute atomic E-state index is 0. The van der Waals surface area contributed by atoms with Crippen molar-refractivity contribution in [3.63, 3.8) is 0 Å². The van der Waals surface area contributed by atoms with Crippen molar-refractivity contribution in [1.29, 1.82) is 0 Å². The van der Waals surface area contributed by atoms with E-state index >= 15 is 0 Å². The van der Waals surface area contributed by atoms with E-state index < -0.39 is 10.8 Å². The molecule has 0 radical (unpaired) electrons. The number of hydrogen-bond acceptors (Lipinski definition) is 4. The summed E-state index contributed by atoms with van der Waals surface area (Å²) in [4.78, 5) is 20.0. The summed E-state index contributed by atoms with van der Waals surface area (Å²) in [6.07, 6.45) is 8.41. The number of amides is 1. The Bertz CT molecular complexity index is 1040. The van der Waals surface area contributed by atoms with Crippen LogP contribution < -0.4 is 5.32 Å². The average molecular weight is 457 g/mol. The molecule has 0 saturated carbocycles. The number of aromatic nitrogens is 2. The largest absolute Gasteiger partial charge is 0.348 e. The first kappa shape index (κ1) is 24.1. The summed E-state index contributed by atoms with van der Waals surface area (Å²) >= 11 is 0. The Balaban J connectivity index is 0.00000125. The number of carbonyl (C=O) groups is 1. The highest BCUT2D eigenvalue weighted by molar-refractivity contribution is 7.85. The van der Waals surface area contributed by atoms with Crippen LogP contribution in [0.4, 0.5) is 0 Å². The first-order valence-electron chi connectivity index (χ1n) is 11.6. The second kappa shape index (κ2) is 11.9. The van der Waals surface area contributed by atoms with Gasteiger partial charge < -0.3 is 14.6 Å². The number of nitrogens with one attached hydrogen (secondary N) is 1. The van der Waals surface area contributed by atoms with Crippen LogP contribution in [0.3, 0.4) is 0 Å². The summed E-state index contributed by atoms with van der Waals surface area (Å²) in [5, 5.41) is 3.18. The molecule has 174 valence electrons. The maximum atomic E-state index is 13.0. The monoisotopic (exact) mass is 456 g/mol. The van der Waals surface area contributed by atoms with Crippen molar-refractivity contribution < 1.29 is 10.4 Å². The van der Waals surface area contributed by atoms with Gasteiger partial charge >= 0.3 is 0 Å². The minimum Gasteiger partial charge on any atom is -0.348 e. The van der Waals surface area contributed by atoms with Gasteiger partial charge in [0.1, 0.15) is 5.65 Å². The Morgan fingerprint density at radius 2 is 1.94 bits per heavy atom. The zero-order valence-electron chi connectivity index (χ0n) is 19.3. The van der Waals surface area contributed by atoms with Crippen molar-refractivity contribution >= 4 is 22.4 Å². The van der Waals surface area contributed by atoms with E-state index in [1.165, 1.54) is 0 Å². The molecule has 6 nitrogen and oxygen atoms in total. The number of benzene rings is 1. The predicted octanol–water partition coefficient (Wildman–Crippen LogP) is 4.52. The fourth-order valence-electron chi connectivity index (χ4n) is 3.93. The van der Waals surface area contributed by atoms with E-state index in [0.29, 0.717) is 12.1 Å². The molecule has 32 heavy (non-hydrogen) atoms. The summed E-state index contributed by atoms with van der Waals surface area (Å²) in [5.41, 5.74) is 2.39. The zero-order chi connectivity index (χ0) is 22.9. The molecule has 2 aromatic heterocycles. The molecule has 0 aliphatic carbocycles. The van der Waals surface area contributed by atoms with Crippen LogP contribution in [0, 0.1) is 0 Å². The maximum absolute atomic E-state index is 13.0. The Hall–Kier alpha value is -2.51. The normalized spacial score (nSPS) is 17.8. The van der Waals surface area contributed by atoms with Gasteiger partial charge in [-0.25, -0.2) is 4.98 Å². The van der Waals surface area contributed by atoms with E-state index in [-0.39, 0.29) is 12.6 Å². The number of nitrogens with zero attached hydrogens (tertiary/aromatic N) is 3. The van der Waals surface area contributed by atoms with Crippen molar-refractivity contribution in [2.75, 3.05) is 19.6 Å². The van der Waals surface area contributed by atoms with Gasteiger partial charge in [-0.05, 0) is 68.7 Å². The summed E-state index contributed by atoms with van der Waals surface area (Å²) < 4.78 is 14.8. The lowest BCUT2D eigenvalue weighted by atomic mass is 10.2. The summed E-state index contributed by atoms with van der Waals surface area (Å²) in [6.45, 7) is 9.82. The van der Waals surface area contributed by atoms with Gasteiger partial charge in [0.15, 0.2) is 0 Å². The van der Waals surface area contributed by atoms with E-state index in [0.717, 1.165) is 55.0 Å². The number of fused-ring (bicyclic) bond motifs is 1. The van der Waals surface area contributed by atoms with Crippen LogP contribution in [0.25, 0.3) is 5.65 Å². The fraction of sp³-hybridized carbons (Fsp3) is 0.440. The summed E-state index contributed by atoms with van der Waals surface area (Å²) in [6, 6.07) is 11.4. The highest BCUT2D eigenvalue weighted by Crippen LogP contribution is 2.22. The predicted molar refractivity (Wildman–Crippen MR) is 132 cm³/mol. The van der Waals surface area contributed by atoms with Gasteiger partial charge in [0.2, 0.25) is 0 Å². The van der Waals surface area contributed by atoms with E-state index in [4.69, 9.17) is 0 Å². The number of imidazole rings is 1. The van der Waals surface area contributed by atoms with Gasteiger partial charge in [-0.1, -0.05) is 32.9 Å². The molecule has 0 spiro atoms. The highest BCUT2D eigenvalue weighted by Gasteiger charge is 2.22. The van der Waals surface area contributed by atoms with E-state index in [2.05, 4.69) is 22.1 Å². The molecule has 1 saturated heterocycles. The standard InChI is InChI=1S/C23H28N4O2S.C2H6.H2/c1-2-26-13-3-4-20(11-14-26)30(29)21-8-5-18(6-9-21)16-25-23(28)19-7-10-22-24-12-15-27(22)17-19;1-2;/h5-10,12,15,17,20H,2-4,11,13-14,16H2,1H3,(H,25,28);1-2H3;1H. The molecule has 1 aromatic carbocycles. The van der Waals surface area contributed by atoms with Crippen LogP contribution in [0.2, 0.25) is 0 Å². The van der Waals surface area contributed by atoms with Gasteiger partial charge in [-0.3, -0.25) is 9.00 Å². The third kappa shape index (κ3) is 6.04. The highest BCUT2D eigenvalue weighted by atomic mass is 32.2. The SMILES string of the molecule is CC.CCN1CCCC(S(=O)c2ccc(CNC(=O)c3ccc4nccn4c3)cc2)CC1.[HH]. The molecule has 1 fully saturated rings. The molecule has 2 unspecified atom stereocenters. The van der Waals surface area contributed by atoms with E-state index in [1.54, 1.807) is 18.5 Å². The molecule has 1 aliphatic heterocycles. The molecule has 3 heterocycles. The van der Waals surface area contributed by atoms with Crippen molar-refractivity contribution in [3.8, 4) is 0 Å². The lowest BCUT2D eigenvalue weighted by Crippen LogP contribution is -2.25. The lowest BCUT2D eigenvalue weighted by Gasteiger charge is -2.17. The van der Waals surface area contributed by atoms with Gasteiger partial charge in [-0.2, -0.15) is 0 Å². The molecule has 3 aromatic rings. The Morgan fingerprint density at radius 1 is 1.16 bits per heavy atom. The number of likely N-dealkylation sites (tertiary alicyclic amines) is 1. The molecular formula is C25H36N4O2S. The molecule has 7 heteroatoms. The molecule has 1 aliphatic rings. The Kier molecular flexibility index (Phi) is 9.00. The van der Waals surface area contributed by atoms with Gasteiger partial charge in [0, 0.05) is 36.7 Å². The molecule has 2 atom stereocenters. The minimum atomic E-state index is -0.981. The van der Waals surface area contributed by atoms with Crippen LogP contribution in [-0.2, 0) is 17.3 Å². The van der Waals surface area contributed by atoms with Crippen LogP contribution >= 0.6 is 0 Å². The fourth-order valence-corrected chi connectivity index (χ4v) is 5.42. The lowest BCUT2D eigenvalue weighted by molar-refractivity contribution is 0.0950. The number of rotatable bonds is 6. The van der Waals surface area contributed by atoms with Gasteiger partial charge in [-0.15, -0.1) is 0 Å². The Morgan fingerprint density at radius 3 is 2.69 bits per heavy atom. The average Bonchev–Trinajstić information content (AvgIpc) is 3.19. The van der Waals surface area contributed by atoms with E-state index in [1.807, 2.05) is 54.8 Å². The summed E-state index contributed by atoms with van der Waals surface area (Å²) in [7, 11) is -0.981. The second-order valence-electron chi connectivity index (χ2n) is 7.72. The van der Waals surface area contributed by atoms with Crippen LogP contribution in [0.15, 0.2) is 59.9 Å². The maximum Gasteiger partial charge on any atom is 0.253 e. The number of pyridine rings is 1. The van der Waals surface area contributed by atoms with Crippen LogP contribution in [0.5, 0.6) is 0 Å². The van der Waals surface area contributed by atoms with Crippen molar-refractivity contribution in [1.82, 2.24) is 19.6 Å². The molecular weight excluding hydrogens is 420 g/mol. The molecule has 1 N–H and O–H groups in total. The molecule has 1 amide bonds. The first-order chi connectivity index (χ1) is 15.6. The van der Waals surface area contributed by atoms with Crippen molar-refractivity contribution in [2.45, 2.75) is 56.7 Å². The third-order valence-electron chi connectivity index (χ3n) is 5.78. The molecule has 4 rings (SSSR count). The third-order valence-corrected chi connectivity index (χ3v) is 7.59. The van der Waals surface area contributed by atoms with Gasteiger partial charge in [0.05, 0.1) is 16.4 Å². The number of carbonyl (C=O) groups excluding carboxylic acids is 1. The van der Waals surface area contributed by atoms with Crippen LogP contribution in [0.1, 0.15) is 57.4 Å². The smallest absolute Gasteiger partial charge is 0.253 e. The Labute approximate surface area is 195 Å². The van der Waals surface area contributed by atoms with Crippen molar-refractivity contribution in [2.24, 2.45) is 0 Å². The summed E-state index contributed by atoms with van der Waals surface area (Å²) in [5.74, 6) is -0.128. The van der Waals surface area contributed by atoms with Gasteiger partial charge in [0.25, 0.3) is 5.91 Å². The second-order valence-corrected chi connectivity index (χ2v) is 9.45. The quantitative estimate of drug-likeness (QED) is 0.592. The topological polar surface area (TPSA) is 66.7 Å². The molecule has 0 bridgehead atoms.